The van der Waals surface area contributed by atoms with Crippen LogP contribution in [0.3, 0.4) is 0 Å². The number of fused-ring (bicyclic) bond motifs is 3. The van der Waals surface area contributed by atoms with Crippen LogP contribution >= 0.6 is 0 Å². The minimum absolute atomic E-state index is 0.338. The molecule has 0 spiro atoms. The number of nitrogens with zero attached hydrogens (tertiary/aromatic N) is 7. The number of benzene rings is 4. The van der Waals surface area contributed by atoms with Gasteiger partial charge in [-0.2, -0.15) is 0 Å². The fraction of sp³-hybridized carbons (Fsp3) is 0.0882. The topological polar surface area (TPSA) is 89.2 Å². The van der Waals surface area contributed by atoms with E-state index >= 15 is 0 Å². The highest BCUT2D eigenvalue weighted by Crippen LogP contribution is 2.37. The first kappa shape index (κ1) is 24.9. The molecule has 1 aliphatic heterocycles. The van der Waals surface area contributed by atoms with E-state index in [1.807, 2.05) is 92.2 Å². The van der Waals surface area contributed by atoms with Crippen LogP contribution in [-0.4, -0.2) is 50.5 Å². The zero-order valence-corrected chi connectivity index (χ0v) is 23.5. The van der Waals surface area contributed by atoms with Gasteiger partial charge in [-0.1, -0.05) is 35.5 Å². The fourth-order valence-electron chi connectivity index (χ4n) is 6.18. The predicted octanol–water partition coefficient (Wildman–Crippen LogP) is 5.84. The number of anilines is 2. The zero-order chi connectivity index (χ0) is 29.2. The average Bonchev–Trinajstić information content (AvgIpc) is 3.63. The molecule has 0 saturated carbocycles. The summed E-state index contributed by atoms with van der Waals surface area (Å²) in [5.41, 5.74) is 6.18. The Morgan fingerprint density at radius 3 is 2.26 bits per heavy atom. The van der Waals surface area contributed by atoms with E-state index in [1.165, 1.54) is 10.3 Å². The Hall–Kier alpha value is -5.83. The Bertz CT molecular complexity index is 2170. The van der Waals surface area contributed by atoms with E-state index in [0.29, 0.717) is 28.7 Å². The Kier molecular flexibility index (Phi) is 5.42. The Morgan fingerprint density at radius 2 is 1.44 bits per heavy atom. The minimum Gasteiger partial charge on any atom is -0.377 e. The van der Waals surface area contributed by atoms with E-state index < -0.39 is 0 Å². The van der Waals surface area contributed by atoms with Crippen LogP contribution in [0.5, 0.6) is 0 Å². The summed E-state index contributed by atoms with van der Waals surface area (Å²) in [5, 5.41) is 12.7. The molecule has 0 aliphatic carbocycles. The van der Waals surface area contributed by atoms with Gasteiger partial charge in [-0.15, -0.1) is 5.10 Å². The van der Waals surface area contributed by atoms with Crippen LogP contribution < -0.4 is 9.80 Å². The van der Waals surface area contributed by atoms with Crippen molar-refractivity contribution in [2.75, 3.05) is 23.9 Å². The van der Waals surface area contributed by atoms with Crippen molar-refractivity contribution >= 4 is 55.8 Å². The standard InChI is InChI=1S/C34H25N7O2/c1-38(2)29-15-14-28-32-26(29)7-5-8-27(32)33(42)41(34(28)43)23-12-10-22(11-13-23)40-20-21(36-37-40)19-39-30-9-4-3-6-24(30)25-16-17-35-18-31(25)39/h3-18,20H,19H2,1-2H3. The first-order chi connectivity index (χ1) is 21.0. The highest BCUT2D eigenvalue weighted by Gasteiger charge is 2.34. The molecule has 43 heavy (non-hydrogen) atoms. The lowest BCUT2D eigenvalue weighted by molar-refractivity contribution is 0.0893. The lowest BCUT2D eigenvalue weighted by Gasteiger charge is -2.28. The highest BCUT2D eigenvalue weighted by atomic mass is 16.2. The van der Waals surface area contributed by atoms with Crippen molar-refractivity contribution in [1.29, 1.82) is 0 Å². The van der Waals surface area contributed by atoms with Gasteiger partial charge < -0.3 is 9.47 Å². The number of para-hydroxylation sites is 1. The molecule has 9 nitrogen and oxygen atoms in total. The SMILES string of the molecule is CN(C)c1ccc2c3c(cccc13)C(=O)N(c1ccc(-n3cc(Cn4c5ccccc5c5ccncc54)nn3)cc1)C2=O. The number of pyridine rings is 1. The average molecular weight is 564 g/mol. The second kappa shape index (κ2) is 9.35. The van der Waals surface area contributed by atoms with Crippen LogP contribution in [0.1, 0.15) is 26.4 Å². The second-order valence-electron chi connectivity index (χ2n) is 10.9. The van der Waals surface area contributed by atoms with Crippen LogP contribution in [0.15, 0.2) is 104 Å². The number of rotatable bonds is 5. The van der Waals surface area contributed by atoms with Gasteiger partial charge in [0.25, 0.3) is 11.8 Å². The molecule has 0 N–H and O–H groups in total. The summed E-state index contributed by atoms with van der Waals surface area (Å²) in [7, 11) is 3.90. The van der Waals surface area contributed by atoms with Crippen molar-refractivity contribution in [2.45, 2.75) is 6.54 Å². The first-order valence-electron chi connectivity index (χ1n) is 13.9. The van der Waals surface area contributed by atoms with E-state index in [-0.39, 0.29) is 11.8 Å². The summed E-state index contributed by atoms with van der Waals surface area (Å²) >= 11 is 0. The molecular weight excluding hydrogens is 538 g/mol. The number of imide groups is 1. The molecule has 1 aliphatic rings. The van der Waals surface area contributed by atoms with Gasteiger partial charge >= 0.3 is 0 Å². The van der Waals surface area contributed by atoms with Crippen LogP contribution in [0.4, 0.5) is 11.4 Å². The van der Waals surface area contributed by atoms with E-state index in [4.69, 9.17) is 0 Å². The minimum atomic E-state index is -0.338. The summed E-state index contributed by atoms with van der Waals surface area (Å²) in [6.45, 7) is 0.533. The number of hydrogen-bond acceptors (Lipinski definition) is 6. The summed E-state index contributed by atoms with van der Waals surface area (Å²) < 4.78 is 3.90. The van der Waals surface area contributed by atoms with E-state index in [2.05, 4.69) is 32.0 Å². The number of carbonyl (C=O) groups is 2. The van der Waals surface area contributed by atoms with Gasteiger partial charge in [0.1, 0.15) is 5.69 Å². The molecule has 9 heteroatoms. The Morgan fingerprint density at radius 1 is 0.721 bits per heavy atom. The third-order valence-corrected chi connectivity index (χ3v) is 8.18. The van der Waals surface area contributed by atoms with Crippen molar-refractivity contribution in [3.63, 3.8) is 0 Å². The second-order valence-corrected chi connectivity index (χ2v) is 10.9. The molecule has 2 amide bonds. The largest absolute Gasteiger partial charge is 0.377 e. The van der Waals surface area contributed by atoms with Gasteiger partial charge in [-0.05, 0) is 54.6 Å². The smallest absolute Gasteiger partial charge is 0.265 e. The molecule has 0 fully saturated rings. The number of hydrogen-bond donors (Lipinski definition) is 0. The summed E-state index contributed by atoms with van der Waals surface area (Å²) in [6, 6.07) is 26.9. The third-order valence-electron chi connectivity index (χ3n) is 8.18. The van der Waals surface area contributed by atoms with Gasteiger partial charge in [0, 0.05) is 64.2 Å². The lowest BCUT2D eigenvalue weighted by Crippen LogP contribution is -2.40. The summed E-state index contributed by atoms with van der Waals surface area (Å²) in [4.78, 5) is 34.9. The third kappa shape index (κ3) is 3.75. The molecule has 0 saturated heterocycles. The number of carbonyl (C=O) groups excluding carboxylic acids is 2. The van der Waals surface area contributed by atoms with E-state index in [1.54, 1.807) is 22.9 Å². The maximum absolute atomic E-state index is 13.6. The van der Waals surface area contributed by atoms with Crippen LogP contribution in [-0.2, 0) is 6.54 Å². The molecule has 0 radical (unpaired) electrons. The van der Waals surface area contributed by atoms with Crippen LogP contribution in [0.2, 0.25) is 0 Å². The maximum atomic E-state index is 13.6. The molecule has 0 unspecified atom stereocenters. The van der Waals surface area contributed by atoms with Gasteiger partial charge in [0.15, 0.2) is 0 Å². The van der Waals surface area contributed by atoms with Gasteiger partial charge in [-0.25, -0.2) is 9.58 Å². The van der Waals surface area contributed by atoms with Gasteiger partial charge in [0.2, 0.25) is 0 Å². The molecule has 4 heterocycles. The van der Waals surface area contributed by atoms with E-state index in [0.717, 1.165) is 38.9 Å². The molecule has 8 rings (SSSR count). The molecule has 3 aromatic heterocycles. The monoisotopic (exact) mass is 563 g/mol. The normalized spacial score (nSPS) is 13.0. The van der Waals surface area contributed by atoms with Gasteiger partial charge in [-0.3, -0.25) is 14.6 Å². The quantitative estimate of drug-likeness (QED) is 0.245. The maximum Gasteiger partial charge on any atom is 0.265 e. The molecule has 0 bridgehead atoms. The molecule has 7 aromatic rings. The van der Waals surface area contributed by atoms with Crippen molar-refractivity contribution < 1.29 is 9.59 Å². The molecular formula is C34H25N7O2. The van der Waals surface area contributed by atoms with Crippen LogP contribution in [0, 0.1) is 0 Å². The Balaban J connectivity index is 1.10. The highest BCUT2D eigenvalue weighted by molar-refractivity contribution is 6.36. The van der Waals surface area contributed by atoms with Gasteiger partial charge in [0.05, 0.1) is 35.8 Å². The predicted molar refractivity (Wildman–Crippen MR) is 167 cm³/mol. The van der Waals surface area contributed by atoms with Crippen molar-refractivity contribution in [3.05, 3.63) is 120 Å². The number of amides is 2. The van der Waals surface area contributed by atoms with Crippen molar-refractivity contribution in [1.82, 2.24) is 24.5 Å². The zero-order valence-electron chi connectivity index (χ0n) is 23.5. The number of aromatic nitrogens is 5. The lowest BCUT2D eigenvalue weighted by atomic mass is 9.92. The fourth-order valence-corrected chi connectivity index (χ4v) is 6.18. The Labute approximate surface area is 246 Å². The van der Waals surface area contributed by atoms with Crippen molar-refractivity contribution in [3.8, 4) is 5.69 Å². The molecule has 0 atom stereocenters. The van der Waals surface area contributed by atoms with Crippen LogP contribution in [0.25, 0.3) is 38.3 Å². The summed E-state index contributed by atoms with van der Waals surface area (Å²) in [5.74, 6) is -0.675. The van der Waals surface area contributed by atoms with Crippen molar-refractivity contribution in [2.24, 2.45) is 0 Å². The van der Waals surface area contributed by atoms with E-state index in [9.17, 15) is 9.59 Å². The summed E-state index contributed by atoms with van der Waals surface area (Å²) in [6.07, 6.45) is 5.58. The molecule has 208 valence electrons. The molecule has 4 aromatic carbocycles. The first-order valence-corrected chi connectivity index (χ1v) is 13.9.